The number of carbonyl (C=O) groups excluding carboxylic acids is 2. The summed E-state index contributed by atoms with van der Waals surface area (Å²) in [5.74, 6) is -0.140. The Bertz CT molecular complexity index is 740. The van der Waals surface area contributed by atoms with Gasteiger partial charge in [0.15, 0.2) is 11.7 Å². The molecule has 1 heterocycles. The molecule has 2 aromatic rings. The minimum atomic E-state index is -0.466. The molecule has 1 amide bonds. The molecule has 0 aliphatic carbocycles. The quantitative estimate of drug-likeness (QED) is 0.851. The lowest BCUT2D eigenvalue weighted by molar-refractivity contribution is -0.118. The molecule has 0 aliphatic heterocycles. The summed E-state index contributed by atoms with van der Waals surface area (Å²) in [7, 11) is 1.30. The van der Waals surface area contributed by atoms with E-state index >= 15 is 0 Å². The van der Waals surface area contributed by atoms with Gasteiger partial charge in [-0.3, -0.25) is 10.1 Å². The van der Waals surface area contributed by atoms with Crippen LogP contribution in [0.5, 0.6) is 5.75 Å². The monoisotopic (exact) mass is 334 g/mol. The number of aryl methyl sites for hydroxylation is 3. The molecule has 0 radical (unpaired) electrons. The fourth-order valence-electron chi connectivity index (χ4n) is 1.99. The van der Waals surface area contributed by atoms with E-state index in [4.69, 9.17) is 4.74 Å². The van der Waals surface area contributed by atoms with E-state index in [1.54, 1.807) is 6.92 Å². The molecule has 1 aromatic carbocycles. The number of nitrogens with one attached hydrogen (secondary N) is 1. The summed E-state index contributed by atoms with van der Waals surface area (Å²) in [6.07, 6.45) is 0. The topological polar surface area (TPSA) is 77.5 Å². The van der Waals surface area contributed by atoms with Crippen LogP contribution in [0.2, 0.25) is 0 Å². The molecule has 0 aliphatic rings. The van der Waals surface area contributed by atoms with E-state index in [0.717, 1.165) is 22.5 Å². The predicted molar refractivity (Wildman–Crippen MR) is 88.2 cm³/mol. The number of hydrogen-bond donors (Lipinski definition) is 1. The average molecular weight is 334 g/mol. The molecule has 0 unspecified atom stereocenters. The summed E-state index contributed by atoms with van der Waals surface area (Å²) in [5, 5.41) is 2.96. The highest BCUT2D eigenvalue weighted by molar-refractivity contribution is 7.17. The average Bonchev–Trinajstić information content (AvgIpc) is 2.86. The fourth-order valence-corrected chi connectivity index (χ4v) is 2.89. The van der Waals surface area contributed by atoms with Crippen LogP contribution in [0.3, 0.4) is 0 Å². The van der Waals surface area contributed by atoms with Gasteiger partial charge in [-0.1, -0.05) is 29.0 Å². The zero-order valence-corrected chi connectivity index (χ0v) is 14.2. The third-order valence-electron chi connectivity index (χ3n) is 3.10. The van der Waals surface area contributed by atoms with Crippen LogP contribution in [-0.2, 0) is 9.53 Å². The number of ether oxygens (including phenoxy) is 2. The first-order chi connectivity index (χ1) is 10.9. The third-order valence-corrected chi connectivity index (χ3v) is 4.16. The van der Waals surface area contributed by atoms with Crippen LogP contribution < -0.4 is 10.1 Å². The maximum absolute atomic E-state index is 11.9. The number of anilines is 1. The SMILES string of the molecule is COC(=O)c1sc(NC(=O)COc2ccc(C)cc2C)nc1C. The number of aromatic nitrogens is 1. The minimum Gasteiger partial charge on any atom is -0.483 e. The first kappa shape index (κ1) is 17.0. The van der Waals surface area contributed by atoms with Crippen LogP contribution >= 0.6 is 11.3 Å². The van der Waals surface area contributed by atoms with E-state index in [1.807, 2.05) is 32.0 Å². The highest BCUT2D eigenvalue weighted by Crippen LogP contribution is 2.23. The lowest BCUT2D eigenvalue weighted by atomic mass is 10.1. The Morgan fingerprint density at radius 2 is 2.00 bits per heavy atom. The Morgan fingerprint density at radius 3 is 2.65 bits per heavy atom. The van der Waals surface area contributed by atoms with Gasteiger partial charge in [-0.15, -0.1) is 0 Å². The summed E-state index contributed by atoms with van der Waals surface area (Å²) in [5.41, 5.74) is 2.62. The van der Waals surface area contributed by atoms with Gasteiger partial charge in [0.25, 0.3) is 5.91 Å². The van der Waals surface area contributed by atoms with Gasteiger partial charge >= 0.3 is 5.97 Å². The number of methoxy groups -OCH3 is 1. The number of amides is 1. The van der Waals surface area contributed by atoms with E-state index in [1.165, 1.54) is 7.11 Å². The van der Waals surface area contributed by atoms with E-state index in [-0.39, 0.29) is 12.5 Å². The molecule has 2 rings (SSSR count). The fraction of sp³-hybridized carbons (Fsp3) is 0.312. The minimum absolute atomic E-state index is 0.129. The van der Waals surface area contributed by atoms with Crippen molar-refractivity contribution in [3.63, 3.8) is 0 Å². The van der Waals surface area contributed by atoms with Crippen LogP contribution in [0.25, 0.3) is 0 Å². The molecule has 0 fully saturated rings. The molecule has 7 heteroatoms. The Hall–Kier alpha value is -2.41. The van der Waals surface area contributed by atoms with E-state index in [9.17, 15) is 9.59 Å². The number of esters is 1. The van der Waals surface area contributed by atoms with Crippen molar-refractivity contribution in [2.75, 3.05) is 19.0 Å². The maximum atomic E-state index is 11.9. The summed E-state index contributed by atoms with van der Waals surface area (Å²) < 4.78 is 10.2. The first-order valence-electron chi connectivity index (χ1n) is 6.96. The van der Waals surface area contributed by atoms with Crippen molar-refractivity contribution in [1.29, 1.82) is 0 Å². The highest BCUT2D eigenvalue weighted by atomic mass is 32.1. The van der Waals surface area contributed by atoms with Crippen molar-refractivity contribution in [2.45, 2.75) is 20.8 Å². The van der Waals surface area contributed by atoms with Crippen molar-refractivity contribution in [2.24, 2.45) is 0 Å². The third kappa shape index (κ3) is 4.29. The number of nitrogens with zero attached hydrogens (tertiary/aromatic N) is 1. The lowest BCUT2D eigenvalue weighted by Crippen LogP contribution is -2.20. The zero-order valence-electron chi connectivity index (χ0n) is 13.4. The second-order valence-electron chi connectivity index (χ2n) is 5.03. The van der Waals surface area contributed by atoms with Crippen molar-refractivity contribution >= 4 is 28.3 Å². The summed E-state index contributed by atoms with van der Waals surface area (Å²) >= 11 is 1.07. The molecule has 6 nitrogen and oxygen atoms in total. The van der Waals surface area contributed by atoms with Crippen LogP contribution in [0.15, 0.2) is 18.2 Å². The number of benzene rings is 1. The molecule has 0 atom stereocenters. The molecule has 122 valence electrons. The van der Waals surface area contributed by atoms with Gasteiger partial charge in [-0.25, -0.2) is 9.78 Å². The highest BCUT2D eigenvalue weighted by Gasteiger charge is 2.17. The van der Waals surface area contributed by atoms with Gasteiger partial charge < -0.3 is 9.47 Å². The lowest BCUT2D eigenvalue weighted by Gasteiger charge is -2.09. The molecule has 0 saturated heterocycles. The van der Waals surface area contributed by atoms with Crippen LogP contribution in [0.1, 0.15) is 26.5 Å². The Morgan fingerprint density at radius 1 is 1.26 bits per heavy atom. The number of carbonyl (C=O) groups is 2. The number of rotatable bonds is 5. The normalized spacial score (nSPS) is 10.3. The zero-order chi connectivity index (χ0) is 17.0. The molecule has 0 bridgehead atoms. The van der Waals surface area contributed by atoms with Crippen molar-refractivity contribution < 1.29 is 19.1 Å². The number of hydrogen-bond acceptors (Lipinski definition) is 6. The molecular formula is C16H18N2O4S. The molecule has 23 heavy (non-hydrogen) atoms. The Labute approximate surface area is 138 Å². The van der Waals surface area contributed by atoms with Crippen LogP contribution in [-0.4, -0.2) is 30.6 Å². The van der Waals surface area contributed by atoms with Gasteiger partial charge in [0, 0.05) is 0 Å². The summed E-state index contributed by atoms with van der Waals surface area (Å²) in [4.78, 5) is 28.0. The van der Waals surface area contributed by atoms with Crippen LogP contribution in [0.4, 0.5) is 5.13 Å². The molecule has 1 aromatic heterocycles. The van der Waals surface area contributed by atoms with Crippen LogP contribution in [0, 0.1) is 20.8 Å². The van der Waals surface area contributed by atoms with E-state index in [0.29, 0.717) is 21.5 Å². The standard InChI is InChI=1S/C16H18N2O4S/c1-9-5-6-12(10(2)7-9)22-8-13(19)18-16-17-11(3)14(23-16)15(20)21-4/h5-7H,8H2,1-4H3,(H,17,18,19). The molecule has 1 N–H and O–H groups in total. The predicted octanol–water partition coefficient (Wildman–Crippen LogP) is 2.87. The second kappa shape index (κ2) is 7.23. The summed E-state index contributed by atoms with van der Waals surface area (Å²) in [6, 6.07) is 5.74. The van der Waals surface area contributed by atoms with Crippen molar-refractivity contribution in [3.8, 4) is 5.75 Å². The van der Waals surface area contributed by atoms with Gasteiger partial charge in [0.2, 0.25) is 0 Å². The second-order valence-corrected chi connectivity index (χ2v) is 6.03. The first-order valence-corrected chi connectivity index (χ1v) is 7.78. The van der Waals surface area contributed by atoms with E-state index < -0.39 is 5.97 Å². The Kier molecular flexibility index (Phi) is 5.33. The van der Waals surface area contributed by atoms with Crippen molar-refractivity contribution in [3.05, 3.63) is 39.9 Å². The molecular weight excluding hydrogens is 316 g/mol. The molecule has 0 spiro atoms. The smallest absolute Gasteiger partial charge is 0.350 e. The summed E-state index contributed by atoms with van der Waals surface area (Å²) in [6.45, 7) is 5.47. The molecule has 0 saturated carbocycles. The van der Waals surface area contributed by atoms with Gasteiger partial charge in [-0.05, 0) is 32.4 Å². The van der Waals surface area contributed by atoms with Gasteiger partial charge in [-0.2, -0.15) is 0 Å². The number of thiazole rings is 1. The Balaban J connectivity index is 1.96. The van der Waals surface area contributed by atoms with Gasteiger partial charge in [0.05, 0.1) is 12.8 Å². The van der Waals surface area contributed by atoms with Gasteiger partial charge in [0.1, 0.15) is 10.6 Å². The maximum Gasteiger partial charge on any atom is 0.350 e. The largest absolute Gasteiger partial charge is 0.483 e. The van der Waals surface area contributed by atoms with Crippen molar-refractivity contribution in [1.82, 2.24) is 4.98 Å². The van der Waals surface area contributed by atoms with E-state index in [2.05, 4.69) is 15.0 Å².